The van der Waals surface area contributed by atoms with Gasteiger partial charge in [0.15, 0.2) is 0 Å². The molecule has 0 bridgehead atoms. The molecule has 0 aliphatic carbocycles. The Morgan fingerprint density at radius 2 is 2.24 bits per heavy atom. The van der Waals surface area contributed by atoms with E-state index in [1.54, 1.807) is 6.08 Å². The van der Waals surface area contributed by atoms with Crippen molar-refractivity contribution in [1.29, 1.82) is 0 Å². The third kappa shape index (κ3) is 4.10. The lowest BCUT2D eigenvalue weighted by Gasteiger charge is -2.38. The van der Waals surface area contributed by atoms with Gasteiger partial charge in [-0.2, -0.15) is 0 Å². The van der Waals surface area contributed by atoms with E-state index in [1.807, 2.05) is 13.0 Å². The molecule has 114 valence electrons. The lowest BCUT2D eigenvalue weighted by molar-refractivity contribution is -0.131. The highest BCUT2D eigenvalue weighted by Crippen LogP contribution is 2.29. The van der Waals surface area contributed by atoms with Crippen molar-refractivity contribution in [2.24, 2.45) is 0 Å². The van der Waals surface area contributed by atoms with Crippen LogP contribution in [0.4, 0.5) is 5.69 Å². The van der Waals surface area contributed by atoms with Crippen LogP contribution in [0.3, 0.4) is 0 Å². The largest absolute Gasteiger partial charge is 0.478 e. The summed E-state index contributed by atoms with van der Waals surface area (Å²) in [4.78, 5) is 13.2. The van der Waals surface area contributed by atoms with Gasteiger partial charge in [0.2, 0.25) is 0 Å². The fourth-order valence-corrected chi connectivity index (χ4v) is 3.16. The topological polar surface area (TPSA) is 40.5 Å². The lowest BCUT2D eigenvalue weighted by Crippen LogP contribution is -2.39. The Morgan fingerprint density at radius 3 is 2.90 bits per heavy atom. The summed E-state index contributed by atoms with van der Waals surface area (Å²) >= 11 is 0. The number of rotatable bonds is 5. The molecule has 3 nitrogen and oxygen atoms in total. The molecular formula is C18H25NO2. The highest BCUT2D eigenvalue weighted by Gasteiger charge is 2.21. The van der Waals surface area contributed by atoms with E-state index < -0.39 is 5.97 Å². The van der Waals surface area contributed by atoms with Crippen LogP contribution < -0.4 is 4.90 Å². The average Bonchev–Trinajstić information content (AvgIpc) is 2.47. The first kappa shape index (κ1) is 15.6. The second-order valence-electron chi connectivity index (χ2n) is 5.84. The monoisotopic (exact) mass is 287 g/mol. The van der Waals surface area contributed by atoms with Gasteiger partial charge < -0.3 is 10.0 Å². The van der Waals surface area contributed by atoms with Crippen LogP contribution in [0, 0.1) is 6.92 Å². The predicted molar refractivity (Wildman–Crippen MR) is 87.7 cm³/mol. The average molecular weight is 287 g/mol. The SMILES string of the molecule is CCCC1CCCCN1c1ccc(/C=C/C(=O)O)c(C)c1. The van der Waals surface area contributed by atoms with E-state index in [-0.39, 0.29) is 0 Å². The number of anilines is 1. The Morgan fingerprint density at radius 1 is 1.43 bits per heavy atom. The number of piperidine rings is 1. The van der Waals surface area contributed by atoms with E-state index in [0.29, 0.717) is 6.04 Å². The molecule has 1 aliphatic heterocycles. The van der Waals surface area contributed by atoms with Crippen LogP contribution in [-0.2, 0) is 4.79 Å². The second kappa shape index (κ2) is 7.30. The van der Waals surface area contributed by atoms with Crippen LogP contribution >= 0.6 is 0 Å². The predicted octanol–water partition coefficient (Wildman–Crippen LogP) is 4.25. The molecule has 1 aromatic carbocycles. The maximum atomic E-state index is 10.6. The minimum absolute atomic E-state index is 0.656. The molecule has 1 heterocycles. The summed E-state index contributed by atoms with van der Waals surface area (Å²) in [6.07, 6.45) is 9.22. The van der Waals surface area contributed by atoms with Crippen LogP contribution in [0.25, 0.3) is 6.08 Å². The van der Waals surface area contributed by atoms with Crippen molar-refractivity contribution in [2.75, 3.05) is 11.4 Å². The van der Waals surface area contributed by atoms with E-state index in [9.17, 15) is 4.79 Å². The number of carboxylic acids is 1. The summed E-state index contributed by atoms with van der Waals surface area (Å²) in [5.74, 6) is -0.905. The van der Waals surface area contributed by atoms with E-state index in [2.05, 4.69) is 24.0 Å². The van der Waals surface area contributed by atoms with Gasteiger partial charge in [0, 0.05) is 24.4 Å². The molecule has 1 fully saturated rings. The summed E-state index contributed by atoms with van der Waals surface area (Å²) < 4.78 is 0. The molecule has 0 saturated carbocycles. The molecule has 0 spiro atoms. The van der Waals surface area contributed by atoms with Crippen molar-refractivity contribution >= 4 is 17.7 Å². The van der Waals surface area contributed by atoms with Gasteiger partial charge >= 0.3 is 5.97 Å². The number of hydrogen-bond acceptors (Lipinski definition) is 2. The summed E-state index contributed by atoms with van der Waals surface area (Å²) in [7, 11) is 0. The second-order valence-corrected chi connectivity index (χ2v) is 5.84. The van der Waals surface area contributed by atoms with Gasteiger partial charge in [-0.1, -0.05) is 19.4 Å². The number of aliphatic carboxylic acids is 1. The quantitative estimate of drug-likeness (QED) is 0.823. The van der Waals surface area contributed by atoms with Crippen LogP contribution in [0.5, 0.6) is 0 Å². The van der Waals surface area contributed by atoms with E-state index in [0.717, 1.165) is 17.7 Å². The highest BCUT2D eigenvalue weighted by atomic mass is 16.4. The Balaban J connectivity index is 2.19. The van der Waals surface area contributed by atoms with Crippen LogP contribution in [0.15, 0.2) is 24.3 Å². The van der Waals surface area contributed by atoms with Gasteiger partial charge in [0.1, 0.15) is 0 Å². The fourth-order valence-electron chi connectivity index (χ4n) is 3.16. The molecule has 1 atom stereocenters. The maximum Gasteiger partial charge on any atom is 0.328 e. The number of carboxylic acid groups (broad SMARTS) is 1. The van der Waals surface area contributed by atoms with Crippen LogP contribution in [0.2, 0.25) is 0 Å². The van der Waals surface area contributed by atoms with Crippen LogP contribution in [-0.4, -0.2) is 23.7 Å². The molecule has 1 aliphatic rings. The first-order valence-electron chi connectivity index (χ1n) is 7.90. The van der Waals surface area contributed by atoms with E-state index in [4.69, 9.17) is 5.11 Å². The van der Waals surface area contributed by atoms with Crippen molar-refractivity contribution in [3.05, 3.63) is 35.4 Å². The van der Waals surface area contributed by atoms with Gasteiger partial charge in [-0.15, -0.1) is 0 Å². The lowest BCUT2D eigenvalue weighted by atomic mass is 9.96. The number of nitrogens with zero attached hydrogens (tertiary/aromatic N) is 1. The molecule has 0 amide bonds. The molecule has 2 rings (SSSR count). The molecule has 0 aromatic heterocycles. The molecule has 3 heteroatoms. The Hall–Kier alpha value is -1.77. The third-order valence-electron chi connectivity index (χ3n) is 4.24. The van der Waals surface area contributed by atoms with E-state index >= 15 is 0 Å². The number of aryl methyl sites for hydroxylation is 1. The zero-order valence-electron chi connectivity index (χ0n) is 13.0. The first-order chi connectivity index (χ1) is 10.1. The number of carbonyl (C=O) groups is 1. The van der Waals surface area contributed by atoms with Gasteiger partial charge in [-0.25, -0.2) is 4.79 Å². The smallest absolute Gasteiger partial charge is 0.328 e. The van der Waals surface area contributed by atoms with Crippen molar-refractivity contribution in [3.63, 3.8) is 0 Å². The number of hydrogen-bond donors (Lipinski definition) is 1. The molecule has 1 saturated heterocycles. The Bertz CT molecular complexity index is 520. The standard InChI is InChI=1S/C18H25NO2/c1-3-6-16-7-4-5-12-19(16)17-10-8-15(14(2)13-17)9-11-18(20)21/h8-11,13,16H,3-7,12H2,1-2H3,(H,20,21)/b11-9+. The Labute approximate surface area is 127 Å². The van der Waals surface area contributed by atoms with Crippen molar-refractivity contribution in [3.8, 4) is 0 Å². The minimum atomic E-state index is -0.905. The zero-order chi connectivity index (χ0) is 15.2. The molecule has 1 aromatic rings. The molecule has 1 unspecified atom stereocenters. The zero-order valence-corrected chi connectivity index (χ0v) is 13.0. The fraction of sp³-hybridized carbons (Fsp3) is 0.500. The van der Waals surface area contributed by atoms with Gasteiger partial charge in [-0.3, -0.25) is 0 Å². The molecule has 21 heavy (non-hydrogen) atoms. The summed E-state index contributed by atoms with van der Waals surface area (Å²) in [6.45, 7) is 5.43. The van der Waals surface area contributed by atoms with Crippen LogP contribution in [0.1, 0.15) is 50.2 Å². The summed E-state index contributed by atoms with van der Waals surface area (Å²) in [5.41, 5.74) is 3.38. The van der Waals surface area contributed by atoms with Crippen molar-refractivity contribution in [1.82, 2.24) is 0 Å². The first-order valence-corrected chi connectivity index (χ1v) is 7.90. The normalized spacial score (nSPS) is 19.1. The van der Waals surface area contributed by atoms with Gasteiger partial charge in [-0.05, 0) is 61.9 Å². The molecular weight excluding hydrogens is 262 g/mol. The Kier molecular flexibility index (Phi) is 5.43. The van der Waals surface area contributed by atoms with Crippen molar-refractivity contribution < 1.29 is 9.90 Å². The molecule has 1 N–H and O–H groups in total. The third-order valence-corrected chi connectivity index (χ3v) is 4.24. The van der Waals surface area contributed by atoms with Gasteiger partial charge in [0.25, 0.3) is 0 Å². The van der Waals surface area contributed by atoms with Gasteiger partial charge in [0.05, 0.1) is 0 Å². The number of benzene rings is 1. The minimum Gasteiger partial charge on any atom is -0.478 e. The summed E-state index contributed by atoms with van der Waals surface area (Å²) in [5, 5.41) is 8.72. The summed E-state index contributed by atoms with van der Waals surface area (Å²) in [6, 6.07) is 7.00. The maximum absolute atomic E-state index is 10.6. The van der Waals surface area contributed by atoms with E-state index in [1.165, 1.54) is 43.9 Å². The highest BCUT2D eigenvalue weighted by molar-refractivity contribution is 5.85. The van der Waals surface area contributed by atoms with Crippen molar-refractivity contribution in [2.45, 2.75) is 52.0 Å². The molecule has 0 radical (unpaired) electrons.